The maximum Gasteiger partial charge on any atom is 0.405 e. The fourth-order valence-corrected chi connectivity index (χ4v) is 2.50. The summed E-state index contributed by atoms with van der Waals surface area (Å²) in [7, 11) is 0. The molecule has 24 heavy (non-hydrogen) atoms. The number of hydrogen-bond donors (Lipinski definition) is 5. The maximum atomic E-state index is 12.2. The van der Waals surface area contributed by atoms with Crippen LogP contribution in [0, 0.1) is 0 Å². The van der Waals surface area contributed by atoms with Crippen LogP contribution in [0.1, 0.15) is 13.8 Å². The van der Waals surface area contributed by atoms with Crippen molar-refractivity contribution in [1.29, 1.82) is 0 Å². The van der Waals surface area contributed by atoms with Crippen molar-refractivity contribution in [3.63, 3.8) is 0 Å². The van der Waals surface area contributed by atoms with Crippen LogP contribution < -0.4 is 16.0 Å². The maximum absolute atomic E-state index is 12.2. The number of carbonyl (C=O) groups excluding carboxylic acids is 1. The number of carbonyl (C=O) groups is 2. The third-order valence-electron chi connectivity index (χ3n) is 2.94. The minimum Gasteiger partial charge on any atom is -0.493 e. The molecule has 0 saturated carbocycles. The van der Waals surface area contributed by atoms with Crippen molar-refractivity contribution in [2.45, 2.75) is 19.4 Å². The molecule has 2 rings (SSSR count). The Hall–Kier alpha value is -2.52. The van der Waals surface area contributed by atoms with E-state index < -0.39 is 17.5 Å². The number of nitrogens with zero attached hydrogens (tertiary/aromatic N) is 1. The van der Waals surface area contributed by atoms with Crippen molar-refractivity contribution in [3.8, 4) is 5.88 Å². The molecule has 10 heteroatoms. The largest absolute Gasteiger partial charge is 0.493 e. The summed E-state index contributed by atoms with van der Waals surface area (Å²) in [5.41, 5.74) is -0.402. The standard InChI is InChI=1S/C14H15ClN4O4S/c1-14(2,19-13(22)23)11(21)16-7-3-4-8(15)9(5-7)17-12-18-10(20)6-24-12/h3-6,19-20H,1-2H3,(H,16,21)(H,17,18)(H,22,23). The summed E-state index contributed by atoms with van der Waals surface area (Å²) in [6.45, 7) is 2.90. The molecule has 2 amide bonds. The Bertz CT molecular complexity index is 778. The molecular formula is C14H15ClN4O4S. The minimum atomic E-state index is -1.31. The smallest absolute Gasteiger partial charge is 0.405 e. The zero-order chi connectivity index (χ0) is 17.9. The molecule has 1 aromatic heterocycles. The highest BCUT2D eigenvalue weighted by molar-refractivity contribution is 7.14. The van der Waals surface area contributed by atoms with E-state index in [1.807, 2.05) is 0 Å². The average Bonchev–Trinajstić information content (AvgIpc) is 2.86. The summed E-state index contributed by atoms with van der Waals surface area (Å²) in [5.74, 6) is -0.630. The third kappa shape index (κ3) is 4.49. The summed E-state index contributed by atoms with van der Waals surface area (Å²) in [6.07, 6.45) is -1.29. The molecule has 0 spiro atoms. The molecule has 0 aliphatic heterocycles. The summed E-state index contributed by atoms with van der Waals surface area (Å²) >= 11 is 7.29. The Morgan fingerprint density at radius 1 is 1.33 bits per heavy atom. The van der Waals surface area contributed by atoms with E-state index in [9.17, 15) is 14.7 Å². The summed E-state index contributed by atoms with van der Waals surface area (Å²) in [5, 5.41) is 28.0. The zero-order valence-electron chi connectivity index (χ0n) is 12.8. The van der Waals surface area contributed by atoms with Gasteiger partial charge < -0.3 is 26.2 Å². The van der Waals surface area contributed by atoms with E-state index >= 15 is 0 Å². The van der Waals surface area contributed by atoms with E-state index in [4.69, 9.17) is 16.7 Å². The topological polar surface area (TPSA) is 124 Å². The number of benzene rings is 1. The number of hydrogen-bond acceptors (Lipinski definition) is 6. The lowest BCUT2D eigenvalue weighted by Crippen LogP contribution is -2.51. The molecule has 0 saturated heterocycles. The molecule has 5 N–H and O–H groups in total. The molecule has 0 fully saturated rings. The SMILES string of the molecule is CC(C)(NC(=O)O)C(=O)Nc1ccc(Cl)c(Nc2nc(O)cs2)c1. The van der Waals surface area contributed by atoms with Crippen LogP contribution in [0.3, 0.4) is 0 Å². The van der Waals surface area contributed by atoms with Crippen molar-refractivity contribution in [3.05, 3.63) is 28.6 Å². The van der Waals surface area contributed by atoms with Gasteiger partial charge >= 0.3 is 6.09 Å². The predicted molar refractivity (Wildman–Crippen MR) is 92.4 cm³/mol. The van der Waals surface area contributed by atoms with Crippen LogP contribution in [0.2, 0.25) is 5.02 Å². The van der Waals surface area contributed by atoms with Gasteiger partial charge in [0.1, 0.15) is 5.54 Å². The van der Waals surface area contributed by atoms with Crippen LogP contribution in [-0.4, -0.2) is 32.7 Å². The molecule has 0 unspecified atom stereocenters. The number of anilines is 3. The van der Waals surface area contributed by atoms with Crippen molar-refractivity contribution in [2.24, 2.45) is 0 Å². The lowest BCUT2D eigenvalue weighted by atomic mass is 10.0. The molecule has 0 radical (unpaired) electrons. The zero-order valence-corrected chi connectivity index (χ0v) is 14.3. The van der Waals surface area contributed by atoms with Gasteiger partial charge in [-0.3, -0.25) is 4.79 Å². The van der Waals surface area contributed by atoms with Crippen molar-refractivity contribution in [2.75, 3.05) is 10.6 Å². The van der Waals surface area contributed by atoms with Gasteiger partial charge in [-0.15, -0.1) is 11.3 Å². The third-order valence-corrected chi connectivity index (χ3v) is 4.02. The molecule has 0 aliphatic rings. The number of thiazole rings is 1. The van der Waals surface area contributed by atoms with E-state index in [1.54, 1.807) is 18.2 Å². The lowest BCUT2D eigenvalue weighted by molar-refractivity contribution is -0.121. The number of nitrogens with one attached hydrogen (secondary N) is 3. The average molecular weight is 371 g/mol. The number of carboxylic acid groups (broad SMARTS) is 1. The molecule has 0 atom stereocenters. The molecule has 0 bridgehead atoms. The van der Waals surface area contributed by atoms with Gasteiger partial charge in [0.2, 0.25) is 11.8 Å². The molecule has 0 aliphatic carbocycles. The molecule has 1 heterocycles. The van der Waals surface area contributed by atoms with Gasteiger partial charge in [0.25, 0.3) is 0 Å². The summed E-state index contributed by atoms with van der Waals surface area (Å²) in [4.78, 5) is 26.8. The van der Waals surface area contributed by atoms with Crippen LogP contribution in [-0.2, 0) is 4.79 Å². The second-order valence-corrected chi connectivity index (χ2v) is 6.61. The lowest BCUT2D eigenvalue weighted by Gasteiger charge is -2.23. The van der Waals surface area contributed by atoms with Gasteiger partial charge in [-0.05, 0) is 32.0 Å². The summed E-state index contributed by atoms with van der Waals surface area (Å²) < 4.78 is 0. The van der Waals surface area contributed by atoms with Crippen molar-refractivity contribution in [1.82, 2.24) is 10.3 Å². The van der Waals surface area contributed by atoms with E-state index in [-0.39, 0.29) is 5.88 Å². The van der Waals surface area contributed by atoms with E-state index in [2.05, 4.69) is 20.9 Å². The van der Waals surface area contributed by atoms with Crippen molar-refractivity contribution >= 4 is 51.4 Å². The first kappa shape index (κ1) is 17.8. The molecule has 2 aromatic rings. The van der Waals surface area contributed by atoms with Gasteiger partial charge in [0.05, 0.1) is 16.1 Å². The second-order valence-electron chi connectivity index (χ2n) is 5.34. The Kier molecular flexibility index (Phi) is 5.15. The normalized spacial score (nSPS) is 11.0. The van der Waals surface area contributed by atoms with E-state index in [0.717, 1.165) is 0 Å². The molecule has 128 valence electrons. The number of rotatable bonds is 5. The predicted octanol–water partition coefficient (Wildman–Crippen LogP) is 3.23. The monoisotopic (exact) mass is 370 g/mol. The quantitative estimate of drug-likeness (QED) is 0.550. The fraction of sp³-hybridized carbons (Fsp3) is 0.214. The Balaban J connectivity index is 2.15. The van der Waals surface area contributed by atoms with E-state index in [0.29, 0.717) is 21.5 Å². The molecule has 1 aromatic carbocycles. The Labute approximate surface area is 146 Å². The molecular weight excluding hydrogens is 356 g/mol. The van der Waals surface area contributed by atoms with Gasteiger partial charge in [-0.25, -0.2) is 4.79 Å². The van der Waals surface area contributed by atoms with Crippen molar-refractivity contribution < 1.29 is 19.8 Å². The van der Waals surface area contributed by atoms with Crippen LogP contribution in [0.4, 0.5) is 21.3 Å². The van der Waals surface area contributed by atoms with Gasteiger partial charge in [0, 0.05) is 5.69 Å². The number of amides is 2. The van der Waals surface area contributed by atoms with Crippen LogP contribution >= 0.6 is 22.9 Å². The van der Waals surface area contributed by atoms with Crippen LogP contribution in [0.25, 0.3) is 0 Å². The molecule has 8 nitrogen and oxygen atoms in total. The van der Waals surface area contributed by atoms with Gasteiger partial charge in [-0.1, -0.05) is 11.6 Å². The van der Waals surface area contributed by atoms with E-state index in [1.165, 1.54) is 30.6 Å². The second kappa shape index (κ2) is 6.93. The highest BCUT2D eigenvalue weighted by Gasteiger charge is 2.29. The van der Waals surface area contributed by atoms with Crippen LogP contribution in [0.15, 0.2) is 23.6 Å². The number of aromatic hydroxyl groups is 1. The Morgan fingerprint density at radius 2 is 2.04 bits per heavy atom. The Morgan fingerprint density at radius 3 is 2.62 bits per heavy atom. The number of halogens is 1. The highest BCUT2D eigenvalue weighted by atomic mass is 35.5. The van der Waals surface area contributed by atoms with Crippen LogP contribution in [0.5, 0.6) is 5.88 Å². The fourth-order valence-electron chi connectivity index (χ4n) is 1.75. The highest BCUT2D eigenvalue weighted by Crippen LogP contribution is 2.31. The first-order chi connectivity index (χ1) is 11.2. The van der Waals surface area contributed by atoms with Gasteiger partial charge in [0.15, 0.2) is 5.13 Å². The van der Waals surface area contributed by atoms with Gasteiger partial charge in [-0.2, -0.15) is 4.98 Å². The first-order valence-corrected chi connectivity index (χ1v) is 7.97. The first-order valence-electron chi connectivity index (χ1n) is 6.71. The summed E-state index contributed by atoms with van der Waals surface area (Å²) in [6, 6.07) is 4.74. The number of aromatic nitrogens is 1. The minimum absolute atomic E-state index is 0.107.